The molecule has 0 saturated heterocycles. The molecule has 0 radical (unpaired) electrons. The van der Waals surface area contributed by atoms with Crippen LogP contribution in [0.2, 0.25) is 0 Å². The number of alkyl halides is 6. The molecule has 0 aliphatic heterocycles. The van der Waals surface area contributed by atoms with E-state index in [9.17, 15) is 31.1 Å². The molecule has 0 amide bonds. The maximum Gasteiger partial charge on any atom is 0.573 e. The van der Waals surface area contributed by atoms with Crippen LogP contribution in [0.1, 0.15) is 31.7 Å². The van der Waals surface area contributed by atoms with Crippen LogP contribution in [-0.4, -0.2) is 30.3 Å². The number of carbonyl (C=O) groups is 1. The van der Waals surface area contributed by atoms with Crippen LogP contribution in [0, 0.1) is 11.8 Å². The van der Waals surface area contributed by atoms with Crippen LogP contribution < -0.4 is 15.2 Å². The van der Waals surface area contributed by atoms with Gasteiger partial charge in [0, 0.05) is 12.1 Å². The van der Waals surface area contributed by atoms with Crippen LogP contribution in [0.4, 0.5) is 26.3 Å². The molecule has 0 aliphatic carbocycles. The first kappa shape index (κ1) is 22.9. The number of hydrogen-bond donors (Lipinski definition) is 2. The summed E-state index contributed by atoms with van der Waals surface area (Å²) in [5.41, 5.74) is 4.90. The molecule has 154 valence electrons. The maximum absolute atomic E-state index is 12.6. The van der Waals surface area contributed by atoms with Crippen molar-refractivity contribution in [1.29, 1.82) is 0 Å². The second-order valence-corrected chi connectivity index (χ2v) is 6.04. The van der Waals surface area contributed by atoms with Crippen LogP contribution in [0.15, 0.2) is 18.2 Å². The van der Waals surface area contributed by atoms with Gasteiger partial charge in [0.25, 0.3) is 0 Å². The van der Waals surface area contributed by atoms with Gasteiger partial charge in [-0.3, -0.25) is 4.79 Å². The predicted octanol–water partition coefficient (Wildman–Crippen LogP) is 4.27. The van der Waals surface area contributed by atoms with E-state index in [-0.39, 0.29) is 13.0 Å². The average Bonchev–Trinajstić information content (AvgIpc) is 2.48. The minimum Gasteiger partial charge on any atom is -0.481 e. The number of nitrogens with two attached hydrogens (primary N) is 1. The first-order valence-electron chi connectivity index (χ1n) is 7.82. The average molecular weight is 403 g/mol. The molecule has 27 heavy (non-hydrogen) atoms. The van der Waals surface area contributed by atoms with Gasteiger partial charge in [0.15, 0.2) is 0 Å². The summed E-state index contributed by atoms with van der Waals surface area (Å²) in [4.78, 5) is 11.1. The van der Waals surface area contributed by atoms with Gasteiger partial charge in [-0.2, -0.15) is 0 Å². The lowest BCUT2D eigenvalue weighted by Crippen LogP contribution is -2.27. The standard InChI is InChI=1S/C16H19F6NO4/c1-8(6-10(7-23)14(24)25)9(2)13-11(26-15(17,18)19)4-3-5-12(13)27-16(20,21)22/h3-5,8-10H,6-7,23H2,1-2H3,(H,24,25). The largest absolute Gasteiger partial charge is 0.573 e. The van der Waals surface area contributed by atoms with Gasteiger partial charge in [0.05, 0.1) is 5.92 Å². The fourth-order valence-electron chi connectivity index (χ4n) is 2.64. The summed E-state index contributed by atoms with van der Waals surface area (Å²) in [7, 11) is 0. The zero-order valence-corrected chi connectivity index (χ0v) is 14.4. The molecule has 3 unspecified atom stereocenters. The number of carboxylic acid groups (broad SMARTS) is 1. The summed E-state index contributed by atoms with van der Waals surface area (Å²) >= 11 is 0. The van der Waals surface area contributed by atoms with Gasteiger partial charge in [0.2, 0.25) is 0 Å². The number of halogens is 6. The van der Waals surface area contributed by atoms with Crippen molar-refractivity contribution >= 4 is 5.97 Å². The van der Waals surface area contributed by atoms with E-state index in [2.05, 4.69) is 9.47 Å². The number of hydrogen-bond acceptors (Lipinski definition) is 4. The Bertz CT molecular complexity index is 613. The summed E-state index contributed by atoms with van der Waals surface area (Å²) in [5.74, 6) is -5.47. The summed E-state index contributed by atoms with van der Waals surface area (Å²) in [5, 5.41) is 9.06. The third-order valence-corrected chi connectivity index (χ3v) is 4.08. The summed E-state index contributed by atoms with van der Waals surface area (Å²) in [6.45, 7) is 2.64. The molecule has 0 bridgehead atoms. The van der Waals surface area contributed by atoms with E-state index < -0.39 is 53.5 Å². The highest BCUT2D eigenvalue weighted by molar-refractivity contribution is 5.70. The number of rotatable bonds is 8. The third-order valence-electron chi connectivity index (χ3n) is 4.08. The van der Waals surface area contributed by atoms with Gasteiger partial charge in [-0.1, -0.05) is 19.9 Å². The first-order valence-corrected chi connectivity index (χ1v) is 7.82. The molecule has 5 nitrogen and oxygen atoms in total. The van der Waals surface area contributed by atoms with Crippen LogP contribution in [0.3, 0.4) is 0 Å². The maximum atomic E-state index is 12.6. The van der Waals surface area contributed by atoms with Crippen LogP contribution in [0.5, 0.6) is 11.5 Å². The van der Waals surface area contributed by atoms with E-state index in [1.54, 1.807) is 0 Å². The number of ether oxygens (including phenoxy) is 2. The molecular formula is C16H19F6NO4. The summed E-state index contributed by atoms with van der Waals surface area (Å²) in [6, 6.07) is 2.67. The lowest BCUT2D eigenvalue weighted by atomic mass is 9.82. The highest BCUT2D eigenvalue weighted by atomic mass is 19.4. The Kier molecular flexibility index (Phi) is 7.35. The molecule has 0 aromatic heterocycles. The molecule has 1 aromatic carbocycles. The van der Waals surface area contributed by atoms with E-state index in [4.69, 9.17) is 10.8 Å². The highest BCUT2D eigenvalue weighted by Crippen LogP contribution is 2.43. The molecule has 1 aromatic rings. The number of benzene rings is 1. The molecule has 3 N–H and O–H groups in total. The van der Waals surface area contributed by atoms with Crippen LogP contribution in [0.25, 0.3) is 0 Å². The number of carboxylic acids is 1. The van der Waals surface area contributed by atoms with Gasteiger partial charge < -0.3 is 20.3 Å². The quantitative estimate of drug-likeness (QED) is 0.634. The third kappa shape index (κ3) is 7.16. The molecule has 3 atom stereocenters. The first-order chi connectivity index (χ1) is 12.2. The lowest BCUT2D eigenvalue weighted by molar-refractivity contribution is -0.277. The normalized spacial score (nSPS) is 15.7. The zero-order chi connectivity index (χ0) is 21.0. The Labute approximate surface area is 151 Å². The molecule has 0 fully saturated rings. The molecule has 11 heteroatoms. The van der Waals surface area contributed by atoms with Gasteiger partial charge in [-0.05, 0) is 30.4 Å². The van der Waals surface area contributed by atoms with E-state index in [0.29, 0.717) is 0 Å². The SMILES string of the molecule is CC(CC(CN)C(=O)O)C(C)c1c(OC(F)(F)F)cccc1OC(F)(F)F. The van der Waals surface area contributed by atoms with Crippen molar-refractivity contribution in [1.82, 2.24) is 0 Å². The summed E-state index contributed by atoms with van der Waals surface area (Å²) < 4.78 is 83.6. The minimum absolute atomic E-state index is 0.0567. The van der Waals surface area contributed by atoms with Crippen molar-refractivity contribution in [3.8, 4) is 11.5 Å². The van der Waals surface area contributed by atoms with Crippen molar-refractivity contribution in [2.45, 2.75) is 38.9 Å². The second-order valence-electron chi connectivity index (χ2n) is 6.04. The van der Waals surface area contributed by atoms with E-state index in [0.717, 1.165) is 18.2 Å². The molecule has 0 saturated carbocycles. The van der Waals surface area contributed by atoms with E-state index in [1.807, 2.05) is 0 Å². The zero-order valence-electron chi connectivity index (χ0n) is 14.4. The Morgan fingerprint density at radius 1 is 1.07 bits per heavy atom. The van der Waals surface area contributed by atoms with E-state index >= 15 is 0 Å². The van der Waals surface area contributed by atoms with Crippen molar-refractivity contribution < 1.29 is 45.7 Å². The van der Waals surface area contributed by atoms with Crippen molar-refractivity contribution in [3.05, 3.63) is 23.8 Å². The lowest BCUT2D eigenvalue weighted by Gasteiger charge is -2.27. The molecule has 0 heterocycles. The van der Waals surface area contributed by atoms with Crippen molar-refractivity contribution in [2.24, 2.45) is 17.6 Å². The smallest absolute Gasteiger partial charge is 0.481 e. The number of aliphatic carboxylic acids is 1. The van der Waals surface area contributed by atoms with Gasteiger partial charge in [0.1, 0.15) is 11.5 Å². The molecule has 0 aliphatic rings. The predicted molar refractivity (Wildman–Crippen MR) is 82.2 cm³/mol. The van der Waals surface area contributed by atoms with Gasteiger partial charge >= 0.3 is 18.7 Å². The van der Waals surface area contributed by atoms with Crippen molar-refractivity contribution in [2.75, 3.05) is 6.54 Å². The molecular weight excluding hydrogens is 384 g/mol. The fourth-order valence-corrected chi connectivity index (χ4v) is 2.64. The van der Waals surface area contributed by atoms with Gasteiger partial charge in [-0.15, -0.1) is 26.3 Å². The summed E-state index contributed by atoms with van der Waals surface area (Å²) in [6.07, 6.45) is -10.3. The van der Waals surface area contributed by atoms with Gasteiger partial charge in [-0.25, -0.2) is 0 Å². The Balaban J connectivity index is 3.32. The minimum atomic E-state index is -5.13. The Morgan fingerprint density at radius 3 is 1.85 bits per heavy atom. The fraction of sp³-hybridized carbons (Fsp3) is 0.562. The van der Waals surface area contributed by atoms with Crippen LogP contribution >= 0.6 is 0 Å². The van der Waals surface area contributed by atoms with E-state index in [1.165, 1.54) is 13.8 Å². The second kappa shape index (κ2) is 8.68. The molecule has 0 spiro atoms. The Morgan fingerprint density at radius 2 is 1.52 bits per heavy atom. The Hall–Kier alpha value is -2.17. The molecule has 1 rings (SSSR count). The topological polar surface area (TPSA) is 81.8 Å². The monoisotopic (exact) mass is 403 g/mol. The highest BCUT2D eigenvalue weighted by Gasteiger charge is 2.37. The van der Waals surface area contributed by atoms with Crippen LogP contribution in [-0.2, 0) is 4.79 Å². The van der Waals surface area contributed by atoms with Crippen molar-refractivity contribution in [3.63, 3.8) is 0 Å².